The lowest BCUT2D eigenvalue weighted by atomic mass is 9.92. The molecule has 3 rings (SSSR count). The molecule has 1 fully saturated rings. The van der Waals surface area contributed by atoms with E-state index in [0.29, 0.717) is 25.4 Å². The molecule has 2 aromatic carbocycles. The molecule has 0 spiro atoms. The average molecular weight is 519 g/mol. The van der Waals surface area contributed by atoms with Gasteiger partial charge in [0.25, 0.3) is 20.2 Å². The van der Waals surface area contributed by atoms with Gasteiger partial charge in [0.1, 0.15) is 12.2 Å². The van der Waals surface area contributed by atoms with Gasteiger partial charge < -0.3 is 20.8 Å². The lowest BCUT2D eigenvalue weighted by molar-refractivity contribution is -0.0116. The van der Waals surface area contributed by atoms with Crippen LogP contribution in [0.25, 0.3) is 0 Å². The van der Waals surface area contributed by atoms with E-state index in [1.165, 1.54) is 0 Å². The number of amides is 2. The third kappa shape index (κ3) is 13.9. The Morgan fingerprint density at radius 1 is 0.676 bits per heavy atom. The maximum Gasteiger partial charge on any atom is 0.315 e. The predicted molar refractivity (Wildman–Crippen MR) is 126 cm³/mol. The number of nitrogens with one attached hydrogen (secondary N) is 2. The molecule has 190 valence electrons. The van der Waals surface area contributed by atoms with Crippen molar-refractivity contribution in [2.75, 3.05) is 12.5 Å². The number of rotatable bonds is 4. The van der Waals surface area contributed by atoms with Crippen LogP contribution in [-0.2, 0) is 33.1 Å². The van der Waals surface area contributed by atoms with E-state index in [9.17, 15) is 31.8 Å². The third-order valence-corrected chi connectivity index (χ3v) is 4.40. The number of carbonyl (C=O) groups excluding carboxylic acids is 1. The Bertz CT molecular complexity index is 992. The smallest absolute Gasteiger partial charge is 0.315 e. The molecule has 6 N–H and O–H groups in total. The summed E-state index contributed by atoms with van der Waals surface area (Å²) in [6.45, 7) is 0. The molecule has 0 radical (unpaired) electrons. The summed E-state index contributed by atoms with van der Waals surface area (Å²) in [5, 5.41) is 26.6. The van der Waals surface area contributed by atoms with E-state index in [4.69, 9.17) is 9.11 Å². The minimum absolute atomic E-state index is 0.368. The molecule has 4 unspecified atom stereocenters. The van der Waals surface area contributed by atoms with Gasteiger partial charge >= 0.3 is 6.03 Å². The Balaban J connectivity index is 0.000000489. The van der Waals surface area contributed by atoms with Gasteiger partial charge in [-0.3, -0.25) is 9.11 Å². The van der Waals surface area contributed by atoms with E-state index >= 15 is 0 Å². The second kappa shape index (κ2) is 13.4. The highest BCUT2D eigenvalue weighted by atomic mass is 32.2. The molecule has 4 atom stereocenters. The summed E-state index contributed by atoms with van der Waals surface area (Å²) in [4.78, 5) is 12.1. The van der Waals surface area contributed by atoms with E-state index < -0.39 is 44.5 Å². The minimum atomic E-state index is -3.67. The molecular weight excluding hydrogens is 488 g/mol. The van der Waals surface area contributed by atoms with Gasteiger partial charge in [-0.15, -0.1) is 0 Å². The van der Waals surface area contributed by atoms with E-state index in [1.807, 2.05) is 60.7 Å². The third-order valence-electron chi connectivity index (χ3n) is 4.40. The van der Waals surface area contributed by atoms with E-state index in [0.717, 1.165) is 11.1 Å². The van der Waals surface area contributed by atoms with Crippen molar-refractivity contribution in [1.29, 1.82) is 0 Å². The Morgan fingerprint density at radius 2 is 0.941 bits per heavy atom. The van der Waals surface area contributed by atoms with Crippen LogP contribution >= 0.6 is 0 Å². The van der Waals surface area contributed by atoms with E-state index in [1.54, 1.807) is 0 Å². The van der Waals surface area contributed by atoms with Crippen molar-refractivity contribution in [2.24, 2.45) is 0 Å². The summed E-state index contributed by atoms with van der Waals surface area (Å²) in [6.07, 6.45) is 0.269. The molecule has 1 saturated heterocycles. The van der Waals surface area contributed by atoms with Crippen molar-refractivity contribution in [3.63, 3.8) is 0 Å². The normalized spacial score (nSPS) is 22.5. The summed E-state index contributed by atoms with van der Waals surface area (Å²) in [6, 6.07) is 17.8. The fourth-order valence-electron chi connectivity index (χ4n) is 3.10. The van der Waals surface area contributed by atoms with Gasteiger partial charge in [0.2, 0.25) is 0 Å². The monoisotopic (exact) mass is 518 g/mol. The lowest BCUT2D eigenvalue weighted by Gasteiger charge is -2.27. The topological polar surface area (TPSA) is 190 Å². The zero-order chi connectivity index (χ0) is 25.9. The van der Waals surface area contributed by atoms with E-state index in [-0.39, 0.29) is 6.03 Å². The summed E-state index contributed by atoms with van der Waals surface area (Å²) >= 11 is 0. The highest BCUT2D eigenvalue weighted by Gasteiger charge is 2.37. The molecule has 0 aliphatic carbocycles. The first-order valence-corrected chi connectivity index (χ1v) is 13.7. The zero-order valence-electron chi connectivity index (χ0n) is 18.6. The van der Waals surface area contributed by atoms with Crippen LogP contribution in [0.4, 0.5) is 4.79 Å². The van der Waals surface area contributed by atoms with E-state index in [2.05, 4.69) is 10.6 Å². The van der Waals surface area contributed by atoms with Crippen LogP contribution in [0.2, 0.25) is 0 Å². The lowest BCUT2D eigenvalue weighted by Crippen LogP contribution is -2.49. The first kappa shape index (κ1) is 29.5. The number of urea groups is 1. The quantitative estimate of drug-likeness (QED) is 0.308. The standard InChI is InChI=1S/C19H22N2O3.2CH4O3S/c22-17-15(11-13-7-3-1-4-8-13)20-19(24)21-16(18(17)23)12-14-9-5-2-6-10-14;2*1-5(2,3)4/h1-10,15-18,22-23H,11-12H2,(H2,20,21,24);2*1H3,(H,2,3,4). The van der Waals surface area contributed by atoms with Crippen LogP contribution in [0, 0.1) is 0 Å². The van der Waals surface area contributed by atoms with Crippen LogP contribution in [0.15, 0.2) is 60.7 Å². The number of carbonyl (C=O) groups is 1. The van der Waals surface area contributed by atoms with Crippen LogP contribution in [0.1, 0.15) is 11.1 Å². The van der Waals surface area contributed by atoms with Gasteiger partial charge in [0.05, 0.1) is 24.6 Å². The van der Waals surface area contributed by atoms with Crippen molar-refractivity contribution in [1.82, 2.24) is 10.6 Å². The number of hydrogen-bond donors (Lipinski definition) is 6. The molecule has 34 heavy (non-hydrogen) atoms. The highest BCUT2D eigenvalue weighted by Crippen LogP contribution is 2.16. The maximum absolute atomic E-state index is 12.1. The van der Waals surface area contributed by atoms with Crippen LogP contribution < -0.4 is 10.6 Å². The largest absolute Gasteiger partial charge is 0.388 e. The molecule has 2 aromatic rings. The van der Waals surface area contributed by atoms with Gasteiger partial charge in [0, 0.05) is 0 Å². The summed E-state index contributed by atoms with van der Waals surface area (Å²) in [5.74, 6) is 0. The number of aliphatic hydroxyl groups is 2. The molecule has 2 amide bonds. The Morgan fingerprint density at radius 3 is 1.21 bits per heavy atom. The van der Waals surface area contributed by atoms with Gasteiger partial charge in [-0.1, -0.05) is 60.7 Å². The highest BCUT2D eigenvalue weighted by molar-refractivity contribution is 7.85. The molecule has 1 aliphatic rings. The summed E-state index contributed by atoms with van der Waals surface area (Å²) in [7, 11) is -7.33. The number of benzene rings is 2. The molecule has 0 aromatic heterocycles. The van der Waals surface area contributed by atoms with Crippen molar-refractivity contribution in [3.05, 3.63) is 71.8 Å². The van der Waals surface area contributed by atoms with Crippen molar-refractivity contribution in [2.45, 2.75) is 37.1 Å². The minimum Gasteiger partial charge on any atom is -0.388 e. The molecule has 0 saturated carbocycles. The predicted octanol–water partition coefficient (Wildman–Crippen LogP) is 0.252. The molecule has 1 heterocycles. The van der Waals surface area contributed by atoms with Crippen molar-refractivity contribution >= 4 is 26.3 Å². The Labute approximate surface area is 199 Å². The molecule has 13 heteroatoms. The van der Waals surface area contributed by atoms with Gasteiger partial charge in [0.15, 0.2) is 0 Å². The fourth-order valence-corrected chi connectivity index (χ4v) is 3.10. The second-order valence-corrected chi connectivity index (χ2v) is 10.6. The molecule has 1 aliphatic heterocycles. The van der Waals surface area contributed by atoms with Gasteiger partial charge in [-0.05, 0) is 24.0 Å². The van der Waals surface area contributed by atoms with Crippen molar-refractivity contribution < 1.29 is 40.9 Å². The maximum atomic E-state index is 12.1. The van der Waals surface area contributed by atoms with Crippen LogP contribution in [-0.4, -0.2) is 79.0 Å². The molecule has 11 nitrogen and oxygen atoms in total. The van der Waals surface area contributed by atoms with Crippen LogP contribution in [0.3, 0.4) is 0 Å². The second-order valence-electron chi connectivity index (χ2n) is 7.66. The Kier molecular flexibility index (Phi) is 11.6. The summed E-state index contributed by atoms with van der Waals surface area (Å²) in [5.41, 5.74) is 1.99. The first-order valence-electron chi connectivity index (χ1n) is 9.99. The van der Waals surface area contributed by atoms with Crippen LogP contribution in [0.5, 0.6) is 0 Å². The van der Waals surface area contributed by atoms with Gasteiger partial charge in [-0.25, -0.2) is 4.79 Å². The SMILES string of the molecule is CS(=O)(=O)O.CS(=O)(=O)O.O=C1NC(Cc2ccccc2)C(O)C(O)C(Cc2ccccc2)N1. The fraction of sp³-hybridized carbons (Fsp3) is 0.381. The zero-order valence-corrected chi connectivity index (χ0v) is 20.3. The van der Waals surface area contributed by atoms with Gasteiger partial charge in [-0.2, -0.15) is 16.8 Å². The summed E-state index contributed by atoms with van der Waals surface area (Å²) < 4.78 is 51.7. The average Bonchev–Trinajstić information content (AvgIpc) is 2.79. The number of aliphatic hydroxyl groups excluding tert-OH is 2. The Hall–Kier alpha value is -2.55. The molecular formula is C21H30N2O9S2. The number of hydrogen-bond acceptors (Lipinski definition) is 7. The first-order chi connectivity index (χ1) is 15.6. The van der Waals surface area contributed by atoms with Crippen molar-refractivity contribution in [3.8, 4) is 0 Å². The molecule has 0 bridgehead atoms.